The van der Waals surface area contributed by atoms with Gasteiger partial charge in [-0.2, -0.15) is 0 Å². The molecule has 0 aliphatic carbocycles. The first-order valence-corrected chi connectivity index (χ1v) is 5.81. The van der Waals surface area contributed by atoms with Gasteiger partial charge in [-0.3, -0.25) is 4.79 Å². The fourth-order valence-electron chi connectivity index (χ4n) is 2.55. The van der Waals surface area contributed by atoms with E-state index < -0.39 is 18.0 Å². The molecule has 0 bridgehead atoms. The van der Waals surface area contributed by atoms with E-state index in [1.807, 2.05) is 30.3 Å². The maximum Gasteiger partial charge on any atom is 0.308 e. The number of rotatable bonds is 1. The first-order valence-electron chi connectivity index (χ1n) is 5.81. The summed E-state index contributed by atoms with van der Waals surface area (Å²) >= 11 is 0. The lowest BCUT2D eigenvalue weighted by Gasteiger charge is -2.22. The molecule has 90 valence electrons. The van der Waals surface area contributed by atoms with Crippen molar-refractivity contribution in [3.05, 3.63) is 35.9 Å². The Morgan fingerprint density at radius 2 is 2.06 bits per heavy atom. The molecular weight excluding hydrogens is 220 g/mol. The third-order valence-corrected chi connectivity index (χ3v) is 3.35. The molecule has 2 aliphatic heterocycles. The number of carbonyl (C=O) groups excluding carboxylic acids is 1. The molecule has 2 aliphatic rings. The zero-order chi connectivity index (χ0) is 11.9. The Hall–Kier alpha value is -1.39. The van der Waals surface area contributed by atoms with Gasteiger partial charge in [0.05, 0.1) is 12.5 Å². The number of benzene rings is 1. The number of carbonyl (C=O) groups is 1. The van der Waals surface area contributed by atoms with Gasteiger partial charge in [-0.1, -0.05) is 30.3 Å². The molecule has 4 heteroatoms. The molecule has 1 aromatic rings. The zero-order valence-corrected chi connectivity index (χ0v) is 9.33. The van der Waals surface area contributed by atoms with Crippen molar-refractivity contribution in [3.63, 3.8) is 0 Å². The Bertz CT molecular complexity index is 430. The number of hydrogen-bond acceptors (Lipinski definition) is 4. The summed E-state index contributed by atoms with van der Waals surface area (Å²) < 4.78 is 11.0. The van der Waals surface area contributed by atoms with E-state index in [9.17, 15) is 9.90 Å². The Kier molecular flexibility index (Phi) is 2.42. The van der Waals surface area contributed by atoms with Gasteiger partial charge in [0, 0.05) is 12.8 Å². The van der Waals surface area contributed by atoms with E-state index in [0.717, 1.165) is 5.56 Å². The van der Waals surface area contributed by atoms with E-state index in [4.69, 9.17) is 9.47 Å². The van der Waals surface area contributed by atoms with Gasteiger partial charge in [0.25, 0.3) is 0 Å². The van der Waals surface area contributed by atoms with Crippen LogP contribution >= 0.6 is 0 Å². The van der Waals surface area contributed by atoms with E-state index in [0.29, 0.717) is 19.3 Å². The van der Waals surface area contributed by atoms with Gasteiger partial charge in [0.1, 0.15) is 6.10 Å². The summed E-state index contributed by atoms with van der Waals surface area (Å²) in [7, 11) is 0. The lowest BCUT2D eigenvalue weighted by Crippen LogP contribution is -2.27. The van der Waals surface area contributed by atoms with Crippen LogP contribution < -0.4 is 0 Å². The highest BCUT2D eigenvalue weighted by Gasteiger charge is 2.52. The van der Waals surface area contributed by atoms with Crippen LogP contribution in [0.15, 0.2) is 30.3 Å². The highest BCUT2D eigenvalue weighted by molar-refractivity contribution is 5.72. The summed E-state index contributed by atoms with van der Waals surface area (Å²) in [6, 6.07) is 9.53. The minimum atomic E-state index is -0.892. The molecule has 3 rings (SSSR count). The van der Waals surface area contributed by atoms with Crippen molar-refractivity contribution in [2.24, 2.45) is 0 Å². The van der Waals surface area contributed by atoms with Crippen LogP contribution in [0.3, 0.4) is 0 Å². The molecule has 0 unspecified atom stereocenters. The Morgan fingerprint density at radius 3 is 2.71 bits per heavy atom. The van der Waals surface area contributed by atoms with E-state index in [1.165, 1.54) is 0 Å². The van der Waals surface area contributed by atoms with E-state index in [2.05, 4.69) is 0 Å². The second-order valence-electron chi connectivity index (χ2n) is 4.61. The Balaban J connectivity index is 1.83. The van der Waals surface area contributed by atoms with Crippen LogP contribution in [0.4, 0.5) is 0 Å². The molecule has 17 heavy (non-hydrogen) atoms. The fourth-order valence-corrected chi connectivity index (χ4v) is 2.55. The third kappa shape index (κ3) is 1.83. The maximum absolute atomic E-state index is 11.2. The molecule has 0 amide bonds. The van der Waals surface area contributed by atoms with Crippen LogP contribution in [-0.4, -0.2) is 23.0 Å². The normalized spacial score (nSPS) is 36.4. The predicted molar refractivity (Wildman–Crippen MR) is 58.9 cm³/mol. The molecule has 2 saturated heterocycles. The van der Waals surface area contributed by atoms with Crippen molar-refractivity contribution in [1.82, 2.24) is 0 Å². The average Bonchev–Trinajstić information content (AvgIpc) is 2.84. The quantitative estimate of drug-likeness (QED) is 0.749. The summed E-state index contributed by atoms with van der Waals surface area (Å²) in [6.07, 6.45) is 0.240. The molecule has 0 aromatic heterocycles. The molecule has 4 nitrogen and oxygen atoms in total. The van der Waals surface area contributed by atoms with Gasteiger partial charge >= 0.3 is 5.97 Å². The van der Waals surface area contributed by atoms with Crippen molar-refractivity contribution in [2.75, 3.05) is 0 Å². The van der Waals surface area contributed by atoms with Crippen molar-refractivity contribution in [3.8, 4) is 0 Å². The number of ether oxygens (including phenoxy) is 2. The summed E-state index contributed by atoms with van der Waals surface area (Å²) in [5.74, 6) is -1.14. The Labute approximate surface area is 99.2 Å². The minimum absolute atomic E-state index is 0.245. The van der Waals surface area contributed by atoms with Crippen LogP contribution in [0.1, 0.15) is 30.9 Å². The first kappa shape index (κ1) is 10.7. The van der Waals surface area contributed by atoms with Gasteiger partial charge in [-0.25, -0.2) is 0 Å². The summed E-state index contributed by atoms with van der Waals surface area (Å²) in [4.78, 5) is 11.2. The SMILES string of the molecule is O=C1CC[C@@]2(C[C@H](O)[C@@H](c3ccccc3)O2)O1. The lowest BCUT2D eigenvalue weighted by atomic mass is 10.0. The van der Waals surface area contributed by atoms with E-state index in [-0.39, 0.29) is 5.97 Å². The highest BCUT2D eigenvalue weighted by Crippen LogP contribution is 2.45. The number of esters is 1. The average molecular weight is 234 g/mol. The van der Waals surface area contributed by atoms with Gasteiger partial charge in [0.15, 0.2) is 0 Å². The topological polar surface area (TPSA) is 55.8 Å². The van der Waals surface area contributed by atoms with Crippen molar-refractivity contribution < 1.29 is 19.4 Å². The second-order valence-corrected chi connectivity index (χ2v) is 4.61. The van der Waals surface area contributed by atoms with Gasteiger partial charge in [-0.15, -0.1) is 0 Å². The predicted octanol–water partition coefficient (Wildman–Crippen LogP) is 1.54. The molecule has 3 atom stereocenters. The van der Waals surface area contributed by atoms with Crippen LogP contribution in [0.2, 0.25) is 0 Å². The van der Waals surface area contributed by atoms with E-state index >= 15 is 0 Å². The molecule has 2 heterocycles. The number of aliphatic hydroxyl groups is 1. The molecule has 2 fully saturated rings. The molecule has 1 aromatic carbocycles. The smallest absolute Gasteiger partial charge is 0.308 e. The molecule has 0 radical (unpaired) electrons. The van der Waals surface area contributed by atoms with Crippen LogP contribution in [0, 0.1) is 0 Å². The lowest BCUT2D eigenvalue weighted by molar-refractivity contribution is -0.205. The van der Waals surface area contributed by atoms with Crippen LogP contribution in [0.5, 0.6) is 0 Å². The van der Waals surface area contributed by atoms with Crippen LogP contribution in [0.25, 0.3) is 0 Å². The van der Waals surface area contributed by atoms with Crippen molar-refractivity contribution in [2.45, 2.75) is 37.3 Å². The second kappa shape index (κ2) is 3.82. The summed E-state index contributed by atoms with van der Waals surface area (Å²) in [5.41, 5.74) is 0.917. The standard InChI is InChI=1S/C13H14O4/c14-10-8-13(7-6-11(15)16-13)17-12(10)9-4-2-1-3-5-9/h1-5,10,12,14H,6-8H2/t10-,12+,13+/m0/s1. The largest absolute Gasteiger partial charge is 0.433 e. The number of aliphatic hydroxyl groups excluding tert-OH is 1. The summed E-state index contributed by atoms with van der Waals surface area (Å²) in [6.45, 7) is 0. The van der Waals surface area contributed by atoms with Crippen LogP contribution in [-0.2, 0) is 14.3 Å². The maximum atomic E-state index is 11.2. The van der Waals surface area contributed by atoms with Crippen molar-refractivity contribution >= 4 is 5.97 Å². The van der Waals surface area contributed by atoms with E-state index in [1.54, 1.807) is 0 Å². The van der Waals surface area contributed by atoms with Gasteiger partial charge in [-0.05, 0) is 5.56 Å². The molecular formula is C13H14O4. The third-order valence-electron chi connectivity index (χ3n) is 3.35. The highest BCUT2D eigenvalue weighted by atomic mass is 16.7. The van der Waals surface area contributed by atoms with Gasteiger partial charge in [0.2, 0.25) is 5.79 Å². The molecule has 1 spiro atoms. The Morgan fingerprint density at radius 1 is 1.29 bits per heavy atom. The summed E-state index contributed by atoms with van der Waals surface area (Å²) in [5, 5.41) is 10.0. The van der Waals surface area contributed by atoms with Crippen molar-refractivity contribution in [1.29, 1.82) is 0 Å². The minimum Gasteiger partial charge on any atom is -0.433 e. The fraction of sp³-hybridized carbons (Fsp3) is 0.462. The monoisotopic (exact) mass is 234 g/mol. The first-order chi connectivity index (χ1) is 8.19. The zero-order valence-electron chi connectivity index (χ0n) is 9.33. The number of hydrogen-bond donors (Lipinski definition) is 1. The van der Waals surface area contributed by atoms with Gasteiger partial charge < -0.3 is 14.6 Å². The molecule has 0 saturated carbocycles. The molecule has 1 N–H and O–H groups in total.